The number of hydrogen-bond acceptors (Lipinski definition) is 7. The van der Waals surface area contributed by atoms with E-state index in [1.54, 1.807) is 18.2 Å². The van der Waals surface area contributed by atoms with E-state index in [-0.39, 0.29) is 26.3 Å². The van der Waals surface area contributed by atoms with Crippen molar-refractivity contribution in [3.8, 4) is 11.5 Å². The van der Waals surface area contributed by atoms with E-state index >= 15 is 0 Å². The Balaban J connectivity index is 1.36. The highest BCUT2D eigenvalue weighted by Gasteiger charge is 2.17. The molecule has 1 heterocycles. The van der Waals surface area contributed by atoms with Crippen LogP contribution >= 0.6 is 0 Å². The first kappa shape index (κ1) is 22.4. The van der Waals surface area contributed by atoms with E-state index in [1.807, 2.05) is 0 Å². The first-order chi connectivity index (χ1) is 14.7. The number of ether oxygens (including phenoxy) is 3. The molecule has 0 bridgehead atoms. The molecule has 0 unspecified atom stereocenters. The van der Waals surface area contributed by atoms with Crippen molar-refractivity contribution in [3.05, 3.63) is 53.6 Å². The Kier molecular flexibility index (Phi) is 7.02. The Labute approximate surface area is 176 Å². The molecule has 0 radical (unpaired) electrons. The molecular formula is C19H18F2N2O7S. The van der Waals surface area contributed by atoms with Gasteiger partial charge in [0.15, 0.2) is 29.7 Å². The minimum Gasteiger partial charge on any atom is -0.456 e. The third-order valence-corrected chi connectivity index (χ3v) is 5.57. The van der Waals surface area contributed by atoms with Gasteiger partial charge in [-0.3, -0.25) is 9.59 Å². The summed E-state index contributed by atoms with van der Waals surface area (Å²) < 4.78 is 67.4. The maximum atomic E-state index is 13.2. The van der Waals surface area contributed by atoms with Gasteiger partial charge < -0.3 is 19.5 Å². The predicted molar refractivity (Wildman–Crippen MR) is 102 cm³/mol. The van der Waals surface area contributed by atoms with Crippen LogP contribution in [0, 0.1) is 11.6 Å². The van der Waals surface area contributed by atoms with Gasteiger partial charge in [0.25, 0.3) is 5.91 Å². The lowest BCUT2D eigenvalue weighted by molar-refractivity contribution is -0.148. The topological polar surface area (TPSA) is 120 Å². The molecule has 0 saturated heterocycles. The molecule has 0 atom stereocenters. The zero-order valence-electron chi connectivity index (χ0n) is 16.0. The van der Waals surface area contributed by atoms with Crippen LogP contribution in [0.1, 0.15) is 12.0 Å². The zero-order valence-corrected chi connectivity index (χ0v) is 16.8. The quantitative estimate of drug-likeness (QED) is 0.545. The van der Waals surface area contributed by atoms with Crippen LogP contribution in [0.3, 0.4) is 0 Å². The number of hydrogen-bond donors (Lipinski definition) is 2. The van der Waals surface area contributed by atoms with Crippen LogP contribution in [0.25, 0.3) is 0 Å². The van der Waals surface area contributed by atoms with Crippen LogP contribution in [0.2, 0.25) is 0 Å². The smallest absolute Gasteiger partial charge is 0.307 e. The lowest BCUT2D eigenvalue weighted by Crippen LogP contribution is -2.30. The summed E-state index contributed by atoms with van der Waals surface area (Å²) in [6.45, 7) is -0.572. The average molecular weight is 456 g/mol. The lowest BCUT2D eigenvalue weighted by Gasteiger charge is -2.08. The van der Waals surface area contributed by atoms with Gasteiger partial charge in [-0.05, 0) is 35.9 Å². The fourth-order valence-electron chi connectivity index (χ4n) is 2.54. The van der Waals surface area contributed by atoms with E-state index in [0.29, 0.717) is 23.6 Å². The molecule has 0 spiro atoms. The Hall–Kier alpha value is -3.25. The number of amides is 1. The largest absolute Gasteiger partial charge is 0.456 e. The number of benzene rings is 2. The molecule has 9 nitrogen and oxygen atoms in total. The van der Waals surface area contributed by atoms with Gasteiger partial charge in [-0.25, -0.2) is 21.9 Å². The first-order valence-corrected chi connectivity index (χ1v) is 10.5. The summed E-state index contributed by atoms with van der Waals surface area (Å²) in [4.78, 5) is 23.0. The van der Waals surface area contributed by atoms with Gasteiger partial charge in [0.05, 0.1) is 11.3 Å². The molecule has 1 amide bonds. The average Bonchev–Trinajstić information content (AvgIpc) is 3.20. The molecule has 1 aliphatic rings. The van der Waals surface area contributed by atoms with Gasteiger partial charge in [0.1, 0.15) is 0 Å². The third-order valence-electron chi connectivity index (χ3n) is 4.11. The van der Waals surface area contributed by atoms with E-state index in [1.165, 1.54) is 0 Å². The lowest BCUT2D eigenvalue weighted by atomic mass is 10.2. The summed E-state index contributed by atoms with van der Waals surface area (Å²) in [7, 11) is -4.13. The Morgan fingerprint density at radius 3 is 2.58 bits per heavy atom. The Morgan fingerprint density at radius 1 is 1.03 bits per heavy atom. The van der Waals surface area contributed by atoms with Crippen molar-refractivity contribution in [2.45, 2.75) is 17.9 Å². The number of rotatable bonds is 9. The predicted octanol–water partition coefficient (Wildman–Crippen LogP) is 1.22. The fourth-order valence-corrected chi connectivity index (χ4v) is 3.58. The molecule has 31 heavy (non-hydrogen) atoms. The second-order valence-electron chi connectivity index (χ2n) is 6.35. The van der Waals surface area contributed by atoms with Crippen LogP contribution in [0.15, 0.2) is 41.3 Å². The number of carbonyl (C=O) groups excluding carboxylic acids is 2. The van der Waals surface area contributed by atoms with Gasteiger partial charge in [0.2, 0.25) is 16.8 Å². The van der Waals surface area contributed by atoms with Gasteiger partial charge in [-0.15, -0.1) is 0 Å². The number of esters is 1. The van der Waals surface area contributed by atoms with Crippen molar-refractivity contribution in [3.63, 3.8) is 0 Å². The van der Waals surface area contributed by atoms with E-state index in [0.717, 1.165) is 11.6 Å². The van der Waals surface area contributed by atoms with Crippen LogP contribution in [0.4, 0.5) is 8.78 Å². The summed E-state index contributed by atoms with van der Waals surface area (Å²) in [5.74, 6) is -2.67. The van der Waals surface area contributed by atoms with Crippen molar-refractivity contribution in [1.29, 1.82) is 0 Å². The van der Waals surface area contributed by atoms with Crippen molar-refractivity contribution in [2.75, 3.05) is 19.9 Å². The SMILES string of the molecule is O=C(COC(=O)CCNS(=O)(=O)c1ccc(F)c(F)c1)NCc1ccc2c(c1)OCO2. The fraction of sp³-hybridized carbons (Fsp3) is 0.263. The first-order valence-electron chi connectivity index (χ1n) is 9.00. The highest BCUT2D eigenvalue weighted by molar-refractivity contribution is 7.89. The van der Waals surface area contributed by atoms with Crippen molar-refractivity contribution < 1.29 is 41.0 Å². The number of sulfonamides is 1. The molecule has 2 aromatic carbocycles. The zero-order chi connectivity index (χ0) is 22.4. The normalized spacial score (nSPS) is 12.5. The summed E-state index contributed by atoms with van der Waals surface area (Å²) >= 11 is 0. The summed E-state index contributed by atoms with van der Waals surface area (Å²) in [6.07, 6.45) is -0.363. The molecule has 0 fully saturated rings. The van der Waals surface area contributed by atoms with Crippen LogP contribution < -0.4 is 19.5 Å². The number of halogens is 2. The molecule has 0 aliphatic carbocycles. The van der Waals surface area contributed by atoms with Crippen molar-refractivity contribution >= 4 is 21.9 Å². The minimum atomic E-state index is -4.13. The number of carbonyl (C=O) groups is 2. The van der Waals surface area contributed by atoms with Gasteiger partial charge in [-0.2, -0.15) is 0 Å². The molecule has 3 rings (SSSR count). The third kappa shape index (κ3) is 6.12. The monoisotopic (exact) mass is 456 g/mol. The molecule has 2 N–H and O–H groups in total. The van der Waals surface area contributed by atoms with Crippen molar-refractivity contribution in [2.24, 2.45) is 0 Å². The molecule has 1 aliphatic heterocycles. The van der Waals surface area contributed by atoms with Crippen molar-refractivity contribution in [1.82, 2.24) is 10.0 Å². The van der Waals surface area contributed by atoms with Crippen LogP contribution in [-0.2, 0) is 30.9 Å². The molecule has 12 heteroatoms. The molecule has 2 aromatic rings. The summed E-state index contributed by atoms with van der Waals surface area (Å²) in [5.41, 5.74) is 0.760. The standard InChI is InChI=1S/C19H18F2N2O7S/c20-14-3-2-13(8-15(14)21)31(26,27)23-6-5-19(25)28-10-18(24)22-9-12-1-4-16-17(7-12)30-11-29-16/h1-4,7-8,23H,5-6,9-11H2,(H,22,24). The highest BCUT2D eigenvalue weighted by Crippen LogP contribution is 2.32. The van der Waals surface area contributed by atoms with Crippen LogP contribution in [-0.4, -0.2) is 40.2 Å². The number of fused-ring (bicyclic) bond motifs is 1. The molecule has 166 valence electrons. The Morgan fingerprint density at radius 2 is 1.81 bits per heavy atom. The second-order valence-corrected chi connectivity index (χ2v) is 8.12. The maximum Gasteiger partial charge on any atom is 0.307 e. The number of nitrogens with one attached hydrogen (secondary N) is 2. The molecule has 0 aromatic heterocycles. The second kappa shape index (κ2) is 9.71. The van der Waals surface area contributed by atoms with E-state index in [2.05, 4.69) is 10.0 Å². The minimum absolute atomic E-state index is 0.137. The summed E-state index contributed by atoms with van der Waals surface area (Å²) in [6, 6.07) is 7.28. The summed E-state index contributed by atoms with van der Waals surface area (Å²) in [5, 5.41) is 2.57. The van der Waals surface area contributed by atoms with Gasteiger partial charge in [0, 0.05) is 13.1 Å². The van der Waals surface area contributed by atoms with E-state index < -0.39 is 45.0 Å². The highest BCUT2D eigenvalue weighted by atomic mass is 32.2. The molecule has 0 saturated carbocycles. The van der Waals surface area contributed by atoms with E-state index in [4.69, 9.17) is 14.2 Å². The molecular weight excluding hydrogens is 438 g/mol. The Bertz CT molecular complexity index is 1090. The van der Waals surface area contributed by atoms with E-state index in [9.17, 15) is 26.8 Å². The van der Waals surface area contributed by atoms with Gasteiger partial charge >= 0.3 is 5.97 Å². The van der Waals surface area contributed by atoms with Crippen LogP contribution in [0.5, 0.6) is 11.5 Å². The van der Waals surface area contributed by atoms with Gasteiger partial charge in [-0.1, -0.05) is 6.07 Å². The maximum absolute atomic E-state index is 13.2.